The number of hydrogen-bond acceptors (Lipinski definition) is 4. The third-order valence-corrected chi connectivity index (χ3v) is 5.20. The second kappa shape index (κ2) is 6.22. The number of hydrogen-bond donors (Lipinski definition) is 3. The highest BCUT2D eigenvalue weighted by Crippen LogP contribution is 2.17. The molecule has 2 unspecified atom stereocenters. The van der Waals surface area contributed by atoms with E-state index in [-0.39, 0.29) is 18.2 Å². The molecule has 0 aromatic heterocycles. The van der Waals surface area contributed by atoms with Crippen LogP contribution < -0.4 is 10.0 Å². The van der Waals surface area contributed by atoms with Crippen LogP contribution in [0.25, 0.3) is 0 Å². The first kappa shape index (κ1) is 15.4. The molecule has 3 N–H and O–H groups in total. The Morgan fingerprint density at radius 1 is 1.40 bits per heavy atom. The molecule has 2 rings (SSSR count). The van der Waals surface area contributed by atoms with E-state index in [2.05, 4.69) is 10.0 Å². The number of rotatable bonds is 6. The van der Waals surface area contributed by atoms with Crippen molar-refractivity contribution in [3.63, 3.8) is 0 Å². The zero-order chi connectivity index (χ0) is 14.6. The Kier molecular flexibility index (Phi) is 4.80. The topological polar surface area (TPSA) is 78.4 Å². The predicted molar refractivity (Wildman–Crippen MR) is 79.1 cm³/mol. The van der Waals surface area contributed by atoms with E-state index in [4.69, 9.17) is 0 Å². The summed E-state index contributed by atoms with van der Waals surface area (Å²) in [5.74, 6) is -0.0504. The minimum Gasteiger partial charge on any atom is -0.387 e. The van der Waals surface area contributed by atoms with Crippen molar-refractivity contribution in [1.82, 2.24) is 10.0 Å². The van der Waals surface area contributed by atoms with Gasteiger partial charge in [0.05, 0.1) is 11.4 Å². The maximum absolute atomic E-state index is 12.1. The van der Waals surface area contributed by atoms with Gasteiger partial charge in [-0.1, -0.05) is 37.3 Å². The molecule has 0 spiro atoms. The first-order chi connectivity index (χ1) is 9.40. The van der Waals surface area contributed by atoms with Crippen molar-refractivity contribution >= 4 is 10.0 Å². The quantitative estimate of drug-likeness (QED) is 0.712. The van der Waals surface area contributed by atoms with Crippen LogP contribution >= 0.6 is 0 Å². The fourth-order valence-electron chi connectivity index (χ4n) is 2.39. The Bertz CT molecular complexity index is 525. The lowest BCUT2D eigenvalue weighted by atomic mass is 10.0. The zero-order valence-electron chi connectivity index (χ0n) is 11.7. The fourth-order valence-corrected chi connectivity index (χ4v) is 3.85. The van der Waals surface area contributed by atoms with Gasteiger partial charge in [-0.15, -0.1) is 0 Å². The smallest absolute Gasteiger partial charge is 0.212 e. The summed E-state index contributed by atoms with van der Waals surface area (Å²) in [4.78, 5) is 0. The van der Waals surface area contributed by atoms with Crippen LogP contribution in [-0.2, 0) is 10.0 Å². The van der Waals surface area contributed by atoms with Gasteiger partial charge in [-0.2, -0.15) is 0 Å². The highest BCUT2D eigenvalue weighted by Gasteiger charge is 2.32. The normalized spacial score (nSPS) is 24.7. The molecule has 0 bridgehead atoms. The Labute approximate surface area is 120 Å². The van der Waals surface area contributed by atoms with Crippen LogP contribution in [0.2, 0.25) is 0 Å². The molecular formula is C14H22N2O3S. The molecule has 1 aromatic rings. The summed E-state index contributed by atoms with van der Waals surface area (Å²) in [6, 6.07) is 9.56. The molecule has 112 valence electrons. The van der Waals surface area contributed by atoms with Gasteiger partial charge in [-0.25, -0.2) is 13.1 Å². The van der Waals surface area contributed by atoms with E-state index in [9.17, 15) is 13.5 Å². The lowest BCUT2D eigenvalue weighted by Crippen LogP contribution is -2.45. The summed E-state index contributed by atoms with van der Waals surface area (Å²) < 4.78 is 26.7. The molecule has 1 aliphatic heterocycles. The zero-order valence-corrected chi connectivity index (χ0v) is 12.5. The lowest BCUT2D eigenvalue weighted by Gasteiger charge is -2.22. The Morgan fingerprint density at radius 2 is 2.10 bits per heavy atom. The van der Waals surface area contributed by atoms with Gasteiger partial charge < -0.3 is 10.4 Å². The largest absolute Gasteiger partial charge is 0.387 e. The molecule has 1 saturated heterocycles. The van der Waals surface area contributed by atoms with Crippen molar-refractivity contribution < 1.29 is 13.5 Å². The molecule has 1 heterocycles. The average Bonchev–Trinajstić information content (AvgIpc) is 2.85. The van der Waals surface area contributed by atoms with E-state index >= 15 is 0 Å². The number of β-amino-alcohol motifs (C(OH)–C–C–N with tert-alkyl or cyclic N) is 1. The molecule has 2 atom stereocenters. The van der Waals surface area contributed by atoms with Crippen LogP contribution in [0.3, 0.4) is 0 Å². The van der Waals surface area contributed by atoms with Crippen molar-refractivity contribution in [1.29, 1.82) is 0 Å². The minimum atomic E-state index is -3.39. The molecular weight excluding hydrogens is 276 g/mol. The maximum Gasteiger partial charge on any atom is 0.212 e. The summed E-state index contributed by atoms with van der Waals surface area (Å²) in [5, 5.41) is 13.1. The van der Waals surface area contributed by atoms with Gasteiger partial charge in [0.15, 0.2) is 0 Å². The standard InChI is InChI=1S/C14H22N2O3S/c1-12(13-5-3-2-4-6-13)9-20(18,19)16-11-14(17)7-8-15-10-14/h2-6,12,15-17H,7-11H2,1H3. The highest BCUT2D eigenvalue weighted by molar-refractivity contribution is 7.89. The number of nitrogens with one attached hydrogen (secondary N) is 2. The van der Waals surface area contributed by atoms with Gasteiger partial charge in [0.2, 0.25) is 10.0 Å². The first-order valence-electron chi connectivity index (χ1n) is 6.86. The van der Waals surface area contributed by atoms with Gasteiger partial charge in [-0.3, -0.25) is 0 Å². The number of sulfonamides is 1. The summed E-state index contributed by atoms with van der Waals surface area (Å²) in [6.45, 7) is 3.12. The van der Waals surface area contributed by atoms with E-state index in [1.807, 2.05) is 37.3 Å². The highest BCUT2D eigenvalue weighted by atomic mass is 32.2. The van der Waals surface area contributed by atoms with Gasteiger partial charge in [0, 0.05) is 13.1 Å². The van der Waals surface area contributed by atoms with Gasteiger partial charge in [-0.05, 0) is 24.4 Å². The average molecular weight is 298 g/mol. The lowest BCUT2D eigenvalue weighted by molar-refractivity contribution is 0.0667. The van der Waals surface area contributed by atoms with Crippen molar-refractivity contribution in [3.8, 4) is 0 Å². The third kappa shape index (κ3) is 4.28. The predicted octanol–water partition coefficient (Wildman–Crippen LogP) is 0.434. The monoisotopic (exact) mass is 298 g/mol. The molecule has 0 amide bonds. The van der Waals surface area contributed by atoms with Crippen LogP contribution in [0.1, 0.15) is 24.8 Å². The summed E-state index contributed by atoms with van der Waals surface area (Å²) in [5.41, 5.74) is 0.0439. The molecule has 5 nitrogen and oxygen atoms in total. The van der Waals surface area contributed by atoms with Crippen LogP contribution in [-0.4, -0.2) is 44.5 Å². The minimum absolute atomic E-state index is 0.0283. The van der Waals surface area contributed by atoms with E-state index in [0.29, 0.717) is 13.0 Å². The fraction of sp³-hybridized carbons (Fsp3) is 0.571. The molecule has 1 aliphatic rings. The van der Waals surface area contributed by atoms with Crippen LogP contribution in [0.4, 0.5) is 0 Å². The van der Waals surface area contributed by atoms with Crippen molar-refractivity contribution in [2.75, 3.05) is 25.4 Å². The SMILES string of the molecule is CC(CS(=O)(=O)NCC1(O)CCNC1)c1ccccc1. The summed E-state index contributed by atoms with van der Waals surface area (Å²) in [7, 11) is -3.39. The van der Waals surface area contributed by atoms with Crippen LogP contribution in [0, 0.1) is 0 Å². The maximum atomic E-state index is 12.1. The number of benzene rings is 1. The third-order valence-electron chi connectivity index (χ3n) is 3.68. The van der Waals surface area contributed by atoms with Gasteiger partial charge in [0.1, 0.15) is 0 Å². The summed E-state index contributed by atoms with van der Waals surface area (Å²) >= 11 is 0. The Balaban J connectivity index is 1.90. The molecule has 0 saturated carbocycles. The molecule has 20 heavy (non-hydrogen) atoms. The molecule has 1 fully saturated rings. The van der Waals surface area contributed by atoms with E-state index < -0.39 is 15.6 Å². The van der Waals surface area contributed by atoms with Crippen LogP contribution in [0.5, 0.6) is 0 Å². The Morgan fingerprint density at radius 3 is 2.70 bits per heavy atom. The van der Waals surface area contributed by atoms with E-state index in [0.717, 1.165) is 12.1 Å². The molecule has 0 radical (unpaired) electrons. The van der Waals surface area contributed by atoms with Crippen molar-refractivity contribution in [2.24, 2.45) is 0 Å². The molecule has 1 aromatic carbocycles. The van der Waals surface area contributed by atoms with Crippen LogP contribution in [0.15, 0.2) is 30.3 Å². The molecule has 0 aliphatic carbocycles. The van der Waals surface area contributed by atoms with Gasteiger partial charge >= 0.3 is 0 Å². The van der Waals surface area contributed by atoms with E-state index in [1.54, 1.807) is 0 Å². The molecule has 6 heteroatoms. The van der Waals surface area contributed by atoms with Crippen molar-refractivity contribution in [2.45, 2.75) is 24.9 Å². The number of aliphatic hydroxyl groups is 1. The second-order valence-corrected chi connectivity index (χ2v) is 7.42. The second-order valence-electron chi connectivity index (χ2n) is 5.57. The summed E-state index contributed by atoms with van der Waals surface area (Å²) in [6.07, 6.45) is 0.573. The van der Waals surface area contributed by atoms with E-state index in [1.165, 1.54) is 0 Å². The van der Waals surface area contributed by atoms with Gasteiger partial charge in [0.25, 0.3) is 0 Å². The Hall–Kier alpha value is -0.950. The van der Waals surface area contributed by atoms with Crippen molar-refractivity contribution in [3.05, 3.63) is 35.9 Å². The first-order valence-corrected chi connectivity index (χ1v) is 8.51.